The summed E-state index contributed by atoms with van der Waals surface area (Å²) in [5.74, 6) is 0.847. The molecule has 1 unspecified atom stereocenters. The van der Waals surface area contributed by atoms with E-state index in [1.54, 1.807) is 0 Å². The number of benzene rings is 3. The minimum atomic E-state index is -0.0514. The lowest BCUT2D eigenvalue weighted by Crippen LogP contribution is -2.17. The first-order valence-corrected chi connectivity index (χ1v) is 13.3. The molecule has 0 bridgehead atoms. The Bertz CT molecular complexity index is 1210. The summed E-state index contributed by atoms with van der Waals surface area (Å²) < 4.78 is 0. The van der Waals surface area contributed by atoms with Crippen LogP contribution in [0.2, 0.25) is 0 Å². The van der Waals surface area contributed by atoms with Crippen molar-refractivity contribution in [3.63, 3.8) is 0 Å². The number of hydrogen-bond acceptors (Lipinski definition) is 2. The highest BCUT2D eigenvalue weighted by Gasteiger charge is 2.21. The highest BCUT2D eigenvalue weighted by atomic mass is 15.0. The highest BCUT2D eigenvalue weighted by molar-refractivity contribution is 5.64. The van der Waals surface area contributed by atoms with E-state index in [1.807, 2.05) is 13.8 Å². The molecule has 0 spiro atoms. The summed E-state index contributed by atoms with van der Waals surface area (Å²) in [6, 6.07) is 30.3. The van der Waals surface area contributed by atoms with Crippen molar-refractivity contribution < 1.29 is 0 Å². The lowest BCUT2D eigenvalue weighted by atomic mass is 9.91. The van der Waals surface area contributed by atoms with E-state index in [1.165, 1.54) is 33.5 Å². The molecule has 0 saturated carbocycles. The van der Waals surface area contributed by atoms with Crippen molar-refractivity contribution in [1.29, 1.82) is 0 Å². The van der Waals surface area contributed by atoms with Crippen LogP contribution < -0.4 is 5.32 Å². The summed E-state index contributed by atoms with van der Waals surface area (Å²) in [4.78, 5) is 5.18. The highest BCUT2D eigenvalue weighted by Crippen LogP contribution is 2.36. The monoisotopic (exact) mass is 478 g/mol. The zero-order valence-electron chi connectivity index (χ0n) is 23.3. The van der Waals surface area contributed by atoms with E-state index in [4.69, 9.17) is 4.98 Å². The van der Waals surface area contributed by atoms with Crippen LogP contribution in [0.4, 0.5) is 5.69 Å². The van der Waals surface area contributed by atoms with Gasteiger partial charge in [0.2, 0.25) is 0 Å². The van der Waals surface area contributed by atoms with Gasteiger partial charge >= 0.3 is 0 Å². The maximum Gasteiger partial charge on any atom is 0.0940 e. The number of para-hydroxylation sites is 1. The number of nitrogens with zero attached hydrogens (tertiary/aromatic N) is 1. The topological polar surface area (TPSA) is 24.9 Å². The molecule has 0 aliphatic heterocycles. The van der Waals surface area contributed by atoms with Crippen LogP contribution in [-0.2, 0) is 0 Å². The first kappa shape index (κ1) is 27.2. The van der Waals surface area contributed by atoms with Crippen LogP contribution in [0.1, 0.15) is 92.9 Å². The van der Waals surface area contributed by atoms with Crippen molar-refractivity contribution in [3.8, 4) is 11.3 Å². The SMILES string of the molecule is CC.Cc1cc(C)cc(-c2cccc(C(Nc3c(C(C)C)cccc3C(C)C)c3ccccc3)n2)c1. The molecule has 0 aliphatic rings. The molecule has 0 aliphatic carbocycles. The minimum absolute atomic E-state index is 0.0514. The average Bonchev–Trinajstić information content (AvgIpc) is 2.88. The second kappa shape index (κ2) is 12.5. The molecule has 1 heterocycles. The van der Waals surface area contributed by atoms with Gasteiger partial charge in [0.15, 0.2) is 0 Å². The van der Waals surface area contributed by atoms with Crippen molar-refractivity contribution in [2.24, 2.45) is 0 Å². The average molecular weight is 479 g/mol. The fraction of sp³-hybridized carbons (Fsp3) is 0.324. The van der Waals surface area contributed by atoms with E-state index in [-0.39, 0.29) is 6.04 Å². The summed E-state index contributed by atoms with van der Waals surface area (Å²) in [5, 5.41) is 3.95. The van der Waals surface area contributed by atoms with E-state index >= 15 is 0 Å². The first-order valence-electron chi connectivity index (χ1n) is 13.3. The van der Waals surface area contributed by atoms with Crippen molar-refractivity contribution in [2.45, 2.75) is 73.3 Å². The summed E-state index contributed by atoms with van der Waals surface area (Å²) in [6.45, 7) is 17.3. The van der Waals surface area contributed by atoms with Gasteiger partial charge in [-0.1, -0.05) is 113 Å². The summed E-state index contributed by atoms with van der Waals surface area (Å²) in [7, 11) is 0. The number of rotatable bonds is 7. The maximum atomic E-state index is 5.18. The Hall–Kier alpha value is -3.39. The van der Waals surface area contributed by atoms with E-state index in [2.05, 4.69) is 132 Å². The summed E-state index contributed by atoms with van der Waals surface area (Å²) in [5.41, 5.74) is 10.8. The predicted octanol–water partition coefficient (Wildman–Crippen LogP) is 9.84. The Balaban J connectivity index is 0.00000176. The maximum absolute atomic E-state index is 5.18. The number of aryl methyl sites for hydroxylation is 2. The van der Waals surface area contributed by atoms with Gasteiger partial charge in [0, 0.05) is 11.3 Å². The number of hydrogen-bond donors (Lipinski definition) is 1. The standard InChI is InChI=1S/C32H36N2.C2H6/c1-21(2)27-14-10-15-28(22(3)4)32(27)34-31(25-12-8-7-9-13-25)30-17-11-16-29(33-30)26-19-23(5)18-24(6)20-26;1-2/h7-22,31,34H,1-6H3;1-2H3. The van der Waals surface area contributed by atoms with Crippen LogP contribution in [0, 0.1) is 13.8 Å². The number of pyridine rings is 1. The Morgan fingerprint density at radius 2 is 1.19 bits per heavy atom. The summed E-state index contributed by atoms with van der Waals surface area (Å²) >= 11 is 0. The lowest BCUT2D eigenvalue weighted by molar-refractivity contribution is 0.814. The van der Waals surface area contributed by atoms with Crippen LogP contribution in [0.5, 0.6) is 0 Å². The number of anilines is 1. The molecule has 2 nitrogen and oxygen atoms in total. The first-order chi connectivity index (χ1) is 17.3. The molecule has 1 N–H and O–H groups in total. The van der Waals surface area contributed by atoms with Gasteiger partial charge in [0.05, 0.1) is 17.4 Å². The minimum Gasteiger partial charge on any atom is -0.372 e. The second-order valence-corrected chi connectivity index (χ2v) is 9.93. The van der Waals surface area contributed by atoms with E-state index in [0.29, 0.717) is 11.8 Å². The number of aromatic nitrogens is 1. The van der Waals surface area contributed by atoms with Crippen LogP contribution in [0.15, 0.2) is 84.9 Å². The van der Waals surface area contributed by atoms with Crippen LogP contribution >= 0.6 is 0 Å². The van der Waals surface area contributed by atoms with Crippen LogP contribution in [0.25, 0.3) is 11.3 Å². The van der Waals surface area contributed by atoms with Crippen molar-refractivity contribution in [1.82, 2.24) is 4.98 Å². The molecule has 4 rings (SSSR count). The Morgan fingerprint density at radius 3 is 1.75 bits per heavy atom. The fourth-order valence-electron chi connectivity index (χ4n) is 4.73. The van der Waals surface area contributed by atoms with Gasteiger partial charge in [-0.15, -0.1) is 0 Å². The zero-order chi connectivity index (χ0) is 26.2. The third-order valence-electron chi connectivity index (χ3n) is 6.38. The molecular formula is C34H42N2. The fourth-order valence-corrected chi connectivity index (χ4v) is 4.73. The number of nitrogens with one attached hydrogen (secondary N) is 1. The third kappa shape index (κ3) is 6.43. The Morgan fingerprint density at radius 1 is 0.639 bits per heavy atom. The molecule has 2 heteroatoms. The largest absolute Gasteiger partial charge is 0.372 e. The second-order valence-electron chi connectivity index (χ2n) is 9.93. The Labute approximate surface area is 218 Å². The van der Waals surface area contributed by atoms with E-state index in [9.17, 15) is 0 Å². The predicted molar refractivity (Wildman–Crippen MR) is 157 cm³/mol. The van der Waals surface area contributed by atoms with Gasteiger partial charge in [-0.05, 0) is 66.6 Å². The molecule has 36 heavy (non-hydrogen) atoms. The molecule has 4 aromatic rings. The summed E-state index contributed by atoms with van der Waals surface area (Å²) in [6.07, 6.45) is 0. The zero-order valence-corrected chi connectivity index (χ0v) is 23.3. The smallest absolute Gasteiger partial charge is 0.0940 e. The van der Waals surface area contributed by atoms with Gasteiger partial charge in [-0.2, -0.15) is 0 Å². The van der Waals surface area contributed by atoms with Gasteiger partial charge in [-0.3, -0.25) is 4.98 Å². The molecule has 3 aromatic carbocycles. The normalized spacial score (nSPS) is 11.7. The van der Waals surface area contributed by atoms with Crippen molar-refractivity contribution in [3.05, 3.63) is 118 Å². The van der Waals surface area contributed by atoms with Gasteiger partial charge in [0.1, 0.15) is 0 Å². The van der Waals surface area contributed by atoms with Gasteiger partial charge < -0.3 is 5.32 Å². The molecule has 188 valence electrons. The third-order valence-corrected chi connectivity index (χ3v) is 6.38. The molecule has 1 aromatic heterocycles. The van der Waals surface area contributed by atoms with Crippen molar-refractivity contribution >= 4 is 5.69 Å². The van der Waals surface area contributed by atoms with E-state index < -0.39 is 0 Å². The van der Waals surface area contributed by atoms with Crippen LogP contribution in [-0.4, -0.2) is 4.98 Å². The van der Waals surface area contributed by atoms with Crippen LogP contribution in [0.3, 0.4) is 0 Å². The molecule has 0 radical (unpaired) electrons. The van der Waals surface area contributed by atoms with Gasteiger partial charge in [0.25, 0.3) is 0 Å². The van der Waals surface area contributed by atoms with E-state index in [0.717, 1.165) is 17.0 Å². The Kier molecular flexibility index (Phi) is 9.47. The molecule has 0 amide bonds. The molecule has 0 saturated heterocycles. The van der Waals surface area contributed by atoms with Gasteiger partial charge in [-0.25, -0.2) is 0 Å². The quantitative estimate of drug-likeness (QED) is 0.286. The molecule has 0 fully saturated rings. The lowest BCUT2D eigenvalue weighted by Gasteiger charge is -2.27. The van der Waals surface area contributed by atoms with Crippen molar-refractivity contribution in [2.75, 3.05) is 5.32 Å². The molecular weight excluding hydrogens is 436 g/mol. The molecule has 1 atom stereocenters.